The molecular formula is C11H11F5N2O. The summed E-state index contributed by atoms with van der Waals surface area (Å²) in [7, 11) is 0. The fourth-order valence-corrected chi connectivity index (χ4v) is 1.40. The number of alkyl halides is 5. The maximum atomic E-state index is 12.7. The van der Waals surface area contributed by atoms with Crippen molar-refractivity contribution in [2.24, 2.45) is 0 Å². The number of hydrogen-bond acceptors (Lipinski definition) is 2. The fraction of sp³-hybridized carbons (Fsp3) is 0.364. The maximum Gasteiger partial charge on any atom is 0.463 e. The van der Waals surface area contributed by atoms with E-state index >= 15 is 0 Å². The Morgan fingerprint density at radius 1 is 1.21 bits per heavy atom. The van der Waals surface area contributed by atoms with E-state index in [0.717, 1.165) is 0 Å². The lowest BCUT2D eigenvalue weighted by Gasteiger charge is -2.22. The normalized spacial score (nSPS) is 14.0. The van der Waals surface area contributed by atoms with Crippen LogP contribution in [0.25, 0.3) is 0 Å². The van der Waals surface area contributed by atoms with Crippen molar-refractivity contribution in [3.05, 3.63) is 29.8 Å². The van der Waals surface area contributed by atoms with E-state index in [2.05, 4.69) is 0 Å². The van der Waals surface area contributed by atoms with Crippen molar-refractivity contribution < 1.29 is 26.7 Å². The van der Waals surface area contributed by atoms with Gasteiger partial charge in [0.1, 0.15) is 0 Å². The maximum absolute atomic E-state index is 12.7. The van der Waals surface area contributed by atoms with Crippen molar-refractivity contribution in [2.45, 2.75) is 25.1 Å². The van der Waals surface area contributed by atoms with Crippen LogP contribution in [0.3, 0.4) is 0 Å². The predicted octanol–water partition coefficient (Wildman–Crippen LogP) is 2.64. The van der Waals surface area contributed by atoms with Crippen LogP contribution >= 0.6 is 0 Å². The highest BCUT2D eigenvalue weighted by atomic mass is 19.4. The molecule has 0 aliphatic heterocycles. The van der Waals surface area contributed by atoms with Crippen LogP contribution in [0, 0.1) is 0 Å². The lowest BCUT2D eigenvalue weighted by atomic mass is 10.1. The molecule has 0 aliphatic carbocycles. The van der Waals surface area contributed by atoms with Gasteiger partial charge in [0.05, 0.1) is 6.04 Å². The van der Waals surface area contributed by atoms with Gasteiger partial charge in [-0.2, -0.15) is 22.0 Å². The summed E-state index contributed by atoms with van der Waals surface area (Å²) in [5.74, 6) is -7.85. The van der Waals surface area contributed by atoms with Gasteiger partial charge in [-0.05, 0) is 18.6 Å². The summed E-state index contributed by atoms with van der Waals surface area (Å²) < 4.78 is 61.4. The fourth-order valence-electron chi connectivity index (χ4n) is 1.40. The molecule has 3 nitrogen and oxygen atoms in total. The van der Waals surface area contributed by atoms with Gasteiger partial charge in [-0.1, -0.05) is 18.2 Å². The van der Waals surface area contributed by atoms with Gasteiger partial charge in [0.15, 0.2) is 0 Å². The van der Waals surface area contributed by atoms with Crippen molar-refractivity contribution in [1.29, 1.82) is 0 Å². The average Bonchev–Trinajstić information content (AvgIpc) is 2.27. The van der Waals surface area contributed by atoms with Gasteiger partial charge in [-0.15, -0.1) is 0 Å². The van der Waals surface area contributed by atoms with Crippen LogP contribution in [0.4, 0.5) is 27.6 Å². The van der Waals surface area contributed by atoms with Gasteiger partial charge < -0.3 is 11.1 Å². The minimum Gasteiger partial charge on any atom is -0.398 e. The largest absolute Gasteiger partial charge is 0.463 e. The summed E-state index contributed by atoms with van der Waals surface area (Å²) in [4.78, 5) is 11.0. The molecule has 0 spiro atoms. The molecule has 0 bridgehead atoms. The van der Waals surface area contributed by atoms with E-state index in [1.165, 1.54) is 25.1 Å². The van der Waals surface area contributed by atoms with E-state index in [1.807, 2.05) is 0 Å². The van der Waals surface area contributed by atoms with E-state index in [1.54, 1.807) is 11.4 Å². The number of benzene rings is 1. The van der Waals surface area contributed by atoms with Gasteiger partial charge in [0.2, 0.25) is 0 Å². The van der Waals surface area contributed by atoms with E-state index in [-0.39, 0.29) is 11.3 Å². The van der Waals surface area contributed by atoms with E-state index in [4.69, 9.17) is 5.73 Å². The first-order valence-corrected chi connectivity index (χ1v) is 5.17. The number of rotatable bonds is 3. The highest BCUT2D eigenvalue weighted by molar-refractivity contribution is 5.84. The summed E-state index contributed by atoms with van der Waals surface area (Å²) in [5, 5.41) is 1.59. The molecule has 106 valence electrons. The van der Waals surface area contributed by atoms with Crippen molar-refractivity contribution in [2.75, 3.05) is 5.73 Å². The minimum atomic E-state index is -5.93. The zero-order chi connectivity index (χ0) is 14.8. The van der Waals surface area contributed by atoms with E-state index in [9.17, 15) is 26.7 Å². The van der Waals surface area contributed by atoms with Gasteiger partial charge in [-0.25, -0.2) is 0 Å². The topological polar surface area (TPSA) is 55.1 Å². The number of nitrogens with two attached hydrogens (primary N) is 1. The molecule has 8 heteroatoms. The molecular weight excluding hydrogens is 271 g/mol. The van der Waals surface area contributed by atoms with Crippen LogP contribution in [-0.2, 0) is 4.79 Å². The summed E-state index contributed by atoms with van der Waals surface area (Å²) in [5.41, 5.74) is 5.97. The standard InChI is InChI=1S/C11H11F5N2O/c1-6(7-4-2-3-5-8(7)17)18-9(19)10(12,13)11(14,15)16/h2-6H,17H2,1H3,(H,18,19). The second-order valence-corrected chi connectivity index (χ2v) is 3.90. The smallest absolute Gasteiger partial charge is 0.398 e. The Morgan fingerprint density at radius 3 is 2.21 bits per heavy atom. The molecule has 0 aliphatic rings. The Morgan fingerprint density at radius 2 is 1.74 bits per heavy atom. The van der Waals surface area contributed by atoms with Crippen molar-refractivity contribution in [1.82, 2.24) is 5.32 Å². The van der Waals surface area contributed by atoms with Crippen molar-refractivity contribution >= 4 is 11.6 Å². The van der Waals surface area contributed by atoms with Gasteiger partial charge >= 0.3 is 18.0 Å². The molecule has 1 amide bonds. The summed E-state index contributed by atoms with van der Waals surface area (Å²) in [6.07, 6.45) is -5.93. The highest BCUT2D eigenvalue weighted by Crippen LogP contribution is 2.36. The van der Waals surface area contributed by atoms with Crippen molar-refractivity contribution in [3.63, 3.8) is 0 Å². The highest BCUT2D eigenvalue weighted by Gasteiger charge is 2.63. The first-order valence-electron chi connectivity index (χ1n) is 5.17. The molecule has 0 heterocycles. The third-order valence-electron chi connectivity index (χ3n) is 2.45. The summed E-state index contributed by atoms with van der Waals surface area (Å²) in [6, 6.07) is 4.89. The van der Waals surface area contributed by atoms with Crippen LogP contribution < -0.4 is 11.1 Å². The number of para-hydroxylation sites is 1. The zero-order valence-electron chi connectivity index (χ0n) is 9.76. The molecule has 0 saturated carbocycles. The zero-order valence-corrected chi connectivity index (χ0v) is 9.76. The molecule has 19 heavy (non-hydrogen) atoms. The third-order valence-corrected chi connectivity index (χ3v) is 2.45. The Labute approximate surface area is 105 Å². The predicted molar refractivity (Wildman–Crippen MR) is 58.4 cm³/mol. The van der Waals surface area contributed by atoms with E-state index in [0.29, 0.717) is 0 Å². The minimum absolute atomic E-state index is 0.186. The lowest BCUT2D eigenvalue weighted by molar-refractivity contribution is -0.270. The Bertz CT molecular complexity index is 472. The molecule has 3 N–H and O–H groups in total. The number of amides is 1. The van der Waals surface area contributed by atoms with Crippen LogP contribution in [0.1, 0.15) is 18.5 Å². The number of carbonyl (C=O) groups excluding carboxylic acids is 1. The molecule has 0 fully saturated rings. The number of nitrogen functional groups attached to an aromatic ring is 1. The third kappa shape index (κ3) is 3.12. The van der Waals surface area contributed by atoms with Crippen LogP contribution in [-0.4, -0.2) is 18.0 Å². The second-order valence-electron chi connectivity index (χ2n) is 3.90. The Kier molecular flexibility index (Phi) is 4.02. The summed E-state index contributed by atoms with van der Waals surface area (Å²) >= 11 is 0. The Balaban J connectivity index is 2.87. The number of halogens is 5. The number of carbonyl (C=O) groups is 1. The SMILES string of the molecule is CC(NC(=O)C(F)(F)C(F)(F)F)c1ccccc1N. The molecule has 0 saturated heterocycles. The monoisotopic (exact) mass is 282 g/mol. The van der Waals surface area contributed by atoms with Gasteiger partial charge in [0.25, 0.3) is 0 Å². The molecule has 1 unspecified atom stereocenters. The van der Waals surface area contributed by atoms with Gasteiger partial charge in [0, 0.05) is 5.69 Å². The average molecular weight is 282 g/mol. The first-order chi connectivity index (χ1) is 8.57. The number of nitrogens with one attached hydrogen (secondary N) is 1. The van der Waals surface area contributed by atoms with Crippen molar-refractivity contribution in [3.8, 4) is 0 Å². The van der Waals surface area contributed by atoms with Gasteiger partial charge in [-0.3, -0.25) is 4.79 Å². The number of anilines is 1. The Hall–Kier alpha value is -1.86. The number of hydrogen-bond donors (Lipinski definition) is 2. The van der Waals surface area contributed by atoms with Crippen LogP contribution in [0.2, 0.25) is 0 Å². The second kappa shape index (κ2) is 5.02. The molecule has 1 rings (SSSR count). The molecule has 1 aromatic rings. The molecule has 1 atom stereocenters. The van der Waals surface area contributed by atoms with E-state index < -0.39 is 24.0 Å². The quantitative estimate of drug-likeness (QED) is 0.661. The van der Waals surface area contributed by atoms with Crippen LogP contribution in [0.15, 0.2) is 24.3 Å². The molecule has 0 radical (unpaired) electrons. The summed E-state index contributed by atoms with van der Waals surface area (Å²) in [6.45, 7) is 1.26. The molecule has 0 aromatic heterocycles. The van der Waals surface area contributed by atoms with Crippen LogP contribution in [0.5, 0.6) is 0 Å². The molecule has 1 aromatic carbocycles. The first kappa shape index (κ1) is 15.2. The lowest BCUT2D eigenvalue weighted by Crippen LogP contribution is -2.50.